The maximum atomic E-state index is 12.7. The van der Waals surface area contributed by atoms with E-state index in [1.807, 2.05) is 20.0 Å². The molecule has 1 fully saturated rings. The highest BCUT2D eigenvalue weighted by atomic mass is 127. The van der Waals surface area contributed by atoms with Gasteiger partial charge in [0.25, 0.3) is 5.91 Å². The molecule has 2 aliphatic rings. The molecular formula is C18H22ClIN2O3. The Bertz CT molecular complexity index is 702. The quantitative estimate of drug-likeness (QED) is 0.375. The highest BCUT2D eigenvalue weighted by Gasteiger charge is 2.37. The van der Waals surface area contributed by atoms with Crippen LogP contribution < -0.4 is 0 Å². The lowest BCUT2D eigenvalue weighted by atomic mass is 9.92. The number of aryl methyl sites for hydroxylation is 1. The van der Waals surface area contributed by atoms with Gasteiger partial charge in [-0.3, -0.25) is 4.79 Å². The number of carbonyl (C=O) groups excluding carboxylic acids is 1. The molecule has 0 unspecified atom stereocenters. The van der Waals surface area contributed by atoms with Crippen LogP contribution in [0.15, 0.2) is 17.7 Å². The maximum Gasteiger partial charge on any atom is 0.256 e. The van der Waals surface area contributed by atoms with Crippen LogP contribution >= 0.6 is 34.2 Å². The second-order valence-electron chi connectivity index (χ2n) is 6.59. The van der Waals surface area contributed by atoms with Gasteiger partial charge in [-0.25, -0.2) is 4.98 Å². The fourth-order valence-corrected chi connectivity index (χ4v) is 4.09. The summed E-state index contributed by atoms with van der Waals surface area (Å²) in [6, 6.07) is 1.81. The Morgan fingerprint density at radius 3 is 2.80 bits per heavy atom. The molecule has 1 aromatic heterocycles. The molecule has 2 heterocycles. The van der Waals surface area contributed by atoms with Crippen molar-refractivity contribution in [2.24, 2.45) is 0 Å². The van der Waals surface area contributed by atoms with Crippen molar-refractivity contribution >= 4 is 40.1 Å². The molecule has 7 heteroatoms. The summed E-state index contributed by atoms with van der Waals surface area (Å²) in [5.41, 5.74) is 2.79. The zero-order valence-electron chi connectivity index (χ0n) is 14.5. The number of hydrogen-bond acceptors (Lipinski definition) is 4. The Labute approximate surface area is 166 Å². The van der Waals surface area contributed by atoms with Crippen LogP contribution in [-0.2, 0) is 9.47 Å². The van der Waals surface area contributed by atoms with E-state index in [1.165, 1.54) is 5.57 Å². The van der Waals surface area contributed by atoms with Crippen molar-refractivity contribution in [1.82, 2.24) is 9.88 Å². The zero-order valence-corrected chi connectivity index (χ0v) is 17.4. The van der Waals surface area contributed by atoms with Crippen LogP contribution in [0.2, 0.25) is 5.15 Å². The predicted molar refractivity (Wildman–Crippen MR) is 105 cm³/mol. The van der Waals surface area contributed by atoms with Crippen molar-refractivity contribution in [1.29, 1.82) is 0 Å². The topological polar surface area (TPSA) is 51.7 Å². The van der Waals surface area contributed by atoms with Crippen LogP contribution in [0, 0.1) is 10.6 Å². The molecule has 0 N–H and O–H groups in total. The second kappa shape index (κ2) is 7.90. The number of halogens is 2. The van der Waals surface area contributed by atoms with Gasteiger partial charge in [-0.05, 0) is 54.0 Å². The molecule has 0 aromatic carbocycles. The van der Waals surface area contributed by atoms with Crippen LogP contribution in [0.5, 0.6) is 0 Å². The SMILES string of the molecule is Cc1cc(C(=O)N(C)CCC2=CCC3(CC2)OCCO3)c(I)nc1Cl. The van der Waals surface area contributed by atoms with Gasteiger partial charge in [-0.15, -0.1) is 0 Å². The van der Waals surface area contributed by atoms with Crippen LogP contribution in [0.25, 0.3) is 0 Å². The van der Waals surface area contributed by atoms with Gasteiger partial charge in [0.15, 0.2) is 5.79 Å². The number of aromatic nitrogens is 1. The first kappa shape index (κ1) is 19.1. The van der Waals surface area contributed by atoms with Gasteiger partial charge >= 0.3 is 0 Å². The molecule has 136 valence electrons. The summed E-state index contributed by atoms with van der Waals surface area (Å²) in [7, 11) is 1.83. The van der Waals surface area contributed by atoms with Crippen LogP contribution in [-0.4, -0.2) is 48.4 Å². The van der Waals surface area contributed by atoms with Gasteiger partial charge in [0, 0.05) is 26.4 Å². The number of ether oxygens (including phenoxy) is 2. The molecule has 0 bridgehead atoms. The van der Waals surface area contributed by atoms with Gasteiger partial charge in [-0.2, -0.15) is 0 Å². The van der Waals surface area contributed by atoms with Gasteiger partial charge in [0.1, 0.15) is 8.85 Å². The molecular weight excluding hydrogens is 455 g/mol. The molecule has 1 spiro atoms. The number of rotatable bonds is 4. The summed E-state index contributed by atoms with van der Waals surface area (Å²) in [6.07, 6.45) is 5.74. The Morgan fingerprint density at radius 2 is 2.16 bits per heavy atom. The third kappa shape index (κ3) is 4.35. The lowest BCUT2D eigenvalue weighted by Crippen LogP contribution is -2.33. The van der Waals surface area contributed by atoms with Crippen molar-refractivity contribution < 1.29 is 14.3 Å². The Hall–Kier alpha value is -0.700. The number of pyridine rings is 1. The highest BCUT2D eigenvalue weighted by molar-refractivity contribution is 14.1. The second-order valence-corrected chi connectivity index (χ2v) is 7.97. The van der Waals surface area contributed by atoms with Crippen molar-refractivity contribution in [2.75, 3.05) is 26.8 Å². The Balaban J connectivity index is 1.57. The van der Waals surface area contributed by atoms with E-state index >= 15 is 0 Å². The normalized spacial score (nSPS) is 19.1. The molecule has 0 atom stereocenters. The van der Waals surface area contributed by atoms with Gasteiger partial charge in [0.2, 0.25) is 0 Å². The monoisotopic (exact) mass is 476 g/mol. The number of carbonyl (C=O) groups is 1. The number of hydrogen-bond donors (Lipinski definition) is 0. The average molecular weight is 477 g/mol. The molecule has 1 amide bonds. The first-order valence-electron chi connectivity index (χ1n) is 8.44. The minimum absolute atomic E-state index is 0.0213. The first-order chi connectivity index (χ1) is 11.9. The predicted octanol–water partition coefficient (Wildman–Crippen LogP) is 3.96. The number of amides is 1. The van der Waals surface area contributed by atoms with E-state index < -0.39 is 0 Å². The van der Waals surface area contributed by atoms with Crippen molar-refractivity contribution in [3.63, 3.8) is 0 Å². The summed E-state index contributed by atoms with van der Waals surface area (Å²) in [5, 5.41) is 0.446. The van der Waals surface area contributed by atoms with Gasteiger partial charge in [-0.1, -0.05) is 23.3 Å². The van der Waals surface area contributed by atoms with E-state index in [1.54, 1.807) is 4.90 Å². The van der Waals surface area contributed by atoms with Crippen LogP contribution in [0.1, 0.15) is 41.6 Å². The molecule has 0 saturated carbocycles. The molecule has 25 heavy (non-hydrogen) atoms. The Morgan fingerprint density at radius 1 is 1.44 bits per heavy atom. The van der Waals surface area contributed by atoms with Gasteiger partial charge < -0.3 is 14.4 Å². The summed E-state index contributed by atoms with van der Waals surface area (Å²) in [5.74, 6) is -0.402. The standard InChI is InChI=1S/C18H22ClIN2O3/c1-12-11-14(16(20)21-15(12)19)17(23)22(2)8-5-13-3-6-18(7-4-13)24-9-10-25-18/h3,11H,4-10H2,1-2H3. The van der Waals surface area contributed by atoms with E-state index in [9.17, 15) is 4.79 Å². The molecule has 3 rings (SSSR count). The summed E-state index contributed by atoms with van der Waals surface area (Å²) < 4.78 is 12.1. The lowest BCUT2D eigenvalue weighted by Gasteiger charge is -2.31. The third-order valence-electron chi connectivity index (χ3n) is 4.79. The molecule has 1 aromatic rings. The minimum Gasteiger partial charge on any atom is -0.347 e. The number of nitrogens with zero attached hydrogens (tertiary/aromatic N) is 2. The molecule has 1 aliphatic heterocycles. The smallest absolute Gasteiger partial charge is 0.256 e. The molecule has 1 aliphatic carbocycles. The highest BCUT2D eigenvalue weighted by Crippen LogP contribution is 2.35. The zero-order chi connectivity index (χ0) is 18.0. The van der Waals surface area contributed by atoms with E-state index in [2.05, 4.69) is 33.7 Å². The van der Waals surface area contributed by atoms with Crippen molar-refractivity contribution in [3.8, 4) is 0 Å². The largest absolute Gasteiger partial charge is 0.347 e. The molecule has 0 radical (unpaired) electrons. The van der Waals surface area contributed by atoms with Gasteiger partial charge in [0.05, 0.1) is 18.8 Å². The van der Waals surface area contributed by atoms with Crippen LogP contribution in [0.3, 0.4) is 0 Å². The average Bonchev–Trinajstić information content (AvgIpc) is 3.05. The first-order valence-corrected chi connectivity index (χ1v) is 9.90. The summed E-state index contributed by atoms with van der Waals surface area (Å²) in [6.45, 7) is 3.91. The Kier molecular flexibility index (Phi) is 6.03. The van der Waals surface area contributed by atoms with Crippen molar-refractivity contribution in [2.45, 2.75) is 38.4 Å². The van der Waals surface area contributed by atoms with Crippen molar-refractivity contribution in [3.05, 3.63) is 37.7 Å². The summed E-state index contributed by atoms with van der Waals surface area (Å²) in [4.78, 5) is 18.7. The lowest BCUT2D eigenvalue weighted by molar-refractivity contribution is -0.161. The third-order valence-corrected chi connectivity index (χ3v) is 6.00. The molecule has 1 saturated heterocycles. The van der Waals surface area contributed by atoms with E-state index in [-0.39, 0.29) is 11.7 Å². The van der Waals surface area contributed by atoms with Crippen LogP contribution in [0.4, 0.5) is 0 Å². The fourth-order valence-electron chi connectivity index (χ4n) is 3.18. The minimum atomic E-state index is -0.381. The van der Waals surface area contributed by atoms with E-state index in [4.69, 9.17) is 21.1 Å². The fraction of sp³-hybridized carbons (Fsp3) is 0.556. The molecule has 5 nitrogen and oxygen atoms in total. The van der Waals surface area contributed by atoms with E-state index in [0.717, 1.165) is 31.2 Å². The summed E-state index contributed by atoms with van der Waals surface area (Å²) >= 11 is 8.07. The maximum absolute atomic E-state index is 12.7. The van der Waals surface area contributed by atoms with E-state index in [0.29, 0.717) is 34.2 Å².